The lowest BCUT2D eigenvalue weighted by Crippen LogP contribution is -2.37. The van der Waals surface area contributed by atoms with E-state index in [2.05, 4.69) is 15.3 Å². The van der Waals surface area contributed by atoms with Crippen LogP contribution in [0.2, 0.25) is 0 Å². The summed E-state index contributed by atoms with van der Waals surface area (Å²) in [5.74, 6) is 0.397. The summed E-state index contributed by atoms with van der Waals surface area (Å²) < 4.78 is 15.8. The highest BCUT2D eigenvalue weighted by molar-refractivity contribution is 6.05. The van der Waals surface area contributed by atoms with Crippen LogP contribution in [0, 0.1) is 0 Å². The summed E-state index contributed by atoms with van der Waals surface area (Å²) in [6.07, 6.45) is 3.00. The molecule has 0 unspecified atom stereocenters. The van der Waals surface area contributed by atoms with E-state index in [9.17, 15) is 9.59 Å². The maximum Gasteiger partial charge on any atom is 0.349 e. The van der Waals surface area contributed by atoms with Crippen molar-refractivity contribution in [2.75, 3.05) is 43.6 Å². The fourth-order valence-corrected chi connectivity index (χ4v) is 2.95. The van der Waals surface area contributed by atoms with E-state index >= 15 is 0 Å². The van der Waals surface area contributed by atoms with E-state index in [-0.39, 0.29) is 5.56 Å². The number of fused-ring (bicyclic) bond motifs is 1. The van der Waals surface area contributed by atoms with Gasteiger partial charge in [0.1, 0.15) is 5.56 Å². The Labute approximate surface area is 159 Å². The average molecular weight is 382 g/mol. The number of aromatic nitrogens is 2. The molecule has 3 heterocycles. The Morgan fingerprint density at radius 1 is 1.21 bits per heavy atom. The van der Waals surface area contributed by atoms with Crippen molar-refractivity contribution in [3.63, 3.8) is 0 Å². The molecule has 4 rings (SSSR count). The smallest absolute Gasteiger partial charge is 0.349 e. The van der Waals surface area contributed by atoms with Crippen LogP contribution in [0.15, 0.2) is 45.9 Å². The lowest BCUT2D eigenvalue weighted by molar-refractivity contribution is 0.102. The van der Waals surface area contributed by atoms with Crippen molar-refractivity contribution < 1.29 is 18.7 Å². The molecule has 0 spiro atoms. The van der Waals surface area contributed by atoms with E-state index in [1.807, 2.05) is 4.90 Å². The molecule has 1 aromatic carbocycles. The Morgan fingerprint density at radius 2 is 1.96 bits per heavy atom. The zero-order chi connectivity index (χ0) is 19.5. The van der Waals surface area contributed by atoms with Gasteiger partial charge in [-0.15, -0.1) is 0 Å². The van der Waals surface area contributed by atoms with E-state index < -0.39 is 11.5 Å². The zero-order valence-electron chi connectivity index (χ0n) is 15.2. The standard InChI is InChI=1S/C19H18N4O5/c1-26-15-4-2-3-12-9-14(18(25)28-16(12)15)17(24)22-13-10-20-19(21-11-13)23-5-7-27-8-6-23/h2-4,9-11H,5-8H2,1H3,(H,22,24). The van der Waals surface area contributed by atoms with Crippen LogP contribution in [-0.2, 0) is 4.74 Å². The molecule has 0 atom stereocenters. The summed E-state index contributed by atoms with van der Waals surface area (Å²) in [7, 11) is 1.48. The van der Waals surface area contributed by atoms with E-state index in [0.29, 0.717) is 54.7 Å². The molecule has 28 heavy (non-hydrogen) atoms. The number of morpholine rings is 1. The molecular weight excluding hydrogens is 364 g/mol. The van der Waals surface area contributed by atoms with Crippen molar-refractivity contribution in [1.29, 1.82) is 0 Å². The van der Waals surface area contributed by atoms with Crippen molar-refractivity contribution in [1.82, 2.24) is 9.97 Å². The first-order valence-electron chi connectivity index (χ1n) is 8.72. The van der Waals surface area contributed by atoms with Gasteiger partial charge in [0.2, 0.25) is 5.95 Å². The minimum absolute atomic E-state index is 0.113. The Balaban J connectivity index is 1.55. The number of para-hydroxylation sites is 1. The van der Waals surface area contributed by atoms with Crippen LogP contribution < -0.4 is 20.6 Å². The molecule has 1 fully saturated rings. The molecule has 1 aliphatic rings. The number of benzene rings is 1. The number of hydrogen-bond donors (Lipinski definition) is 1. The molecule has 0 bridgehead atoms. The number of carbonyl (C=O) groups excluding carboxylic acids is 1. The molecule has 1 amide bonds. The highest BCUT2D eigenvalue weighted by Gasteiger charge is 2.17. The van der Waals surface area contributed by atoms with E-state index in [4.69, 9.17) is 13.9 Å². The maximum atomic E-state index is 12.5. The number of anilines is 2. The lowest BCUT2D eigenvalue weighted by atomic mass is 10.1. The van der Waals surface area contributed by atoms with Gasteiger partial charge in [0, 0.05) is 18.5 Å². The van der Waals surface area contributed by atoms with Gasteiger partial charge in [0.05, 0.1) is 38.4 Å². The average Bonchev–Trinajstić information content (AvgIpc) is 2.74. The molecule has 0 saturated carbocycles. The Bertz CT molecular complexity index is 1060. The van der Waals surface area contributed by atoms with E-state index in [1.165, 1.54) is 25.6 Å². The fraction of sp³-hybridized carbons (Fsp3) is 0.263. The summed E-state index contributed by atoms with van der Waals surface area (Å²) in [4.78, 5) is 35.3. The molecule has 2 aromatic heterocycles. The predicted octanol–water partition coefficient (Wildman–Crippen LogP) is 1.68. The van der Waals surface area contributed by atoms with E-state index in [0.717, 1.165) is 0 Å². The van der Waals surface area contributed by atoms with Crippen LogP contribution in [0.25, 0.3) is 11.0 Å². The molecule has 144 valence electrons. The molecule has 0 aliphatic carbocycles. The third-order valence-electron chi connectivity index (χ3n) is 4.38. The normalized spacial score (nSPS) is 14.1. The van der Waals surface area contributed by atoms with Crippen molar-refractivity contribution >= 4 is 28.5 Å². The van der Waals surface area contributed by atoms with Crippen molar-refractivity contribution in [3.8, 4) is 5.75 Å². The number of nitrogens with one attached hydrogen (secondary N) is 1. The minimum Gasteiger partial charge on any atom is -0.493 e. The summed E-state index contributed by atoms with van der Waals surface area (Å²) in [5.41, 5.74) is -0.185. The van der Waals surface area contributed by atoms with Gasteiger partial charge >= 0.3 is 5.63 Å². The summed E-state index contributed by atoms with van der Waals surface area (Å²) in [5, 5.41) is 3.21. The van der Waals surface area contributed by atoms with Gasteiger partial charge in [0.15, 0.2) is 11.3 Å². The number of nitrogens with zero attached hydrogens (tertiary/aromatic N) is 3. The molecule has 1 saturated heterocycles. The third kappa shape index (κ3) is 3.52. The largest absolute Gasteiger partial charge is 0.493 e. The zero-order valence-corrected chi connectivity index (χ0v) is 15.2. The number of hydrogen-bond acceptors (Lipinski definition) is 8. The molecule has 1 aliphatic heterocycles. The Hall–Kier alpha value is -3.46. The number of carbonyl (C=O) groups is 1. The van der Waals surface area contributed by atoms with Gasteiger partial charge in [-0.3, -0.25) is 4.79 Å². The highest BCUT2D eigenvalue weighted by Crippen LogP contribution is 2.24. The fourth-order valence-electron chi connectivity index (χ4n) is 2.95. The Morgan fingerprint density at radius 3 is 2.68 bits per heavy atom. The summed E-state index contributed by atoms with van der Waals surface area (Å²) >= 11 is 0. The van der Waals surface area contributed by atoms with Crippen LogP contribution in [-0.4, -0.2) is 49.3 Å². The SMILES string of the molecule is COc1cccc2cc(C(=O)Nc3cnc(N4CCOCC4)nc3)c(=O)oc12. The predicted molar refractivity (Wildman–Crippen MR) is 102 cm³/mol. The highest BCUT2D eigenvalue weighted by atomic mass is 16.5. The maximum absolute atomic E-state index is 12.5. The van der Waals surface area contributed by atoms with Crippen LogP contribution in [0.5, 0.6) is 5.75 Å². The minimum atomic E-state index is -0.750. The van der Waals surface area contributed by atoms with Gasteiger partial charge in [-0.1, -0.05) is 12.1 Å². The van der Waals surface area contributed by atoms with Crippen LogP contribution in [0.1, 0.15) is 10.4 Å². The van der Waals surface area contributed by atoms with Crippen molar-refractivity contribution in [3.05, 3.63) is 52.6 Å². The number of ether oxygens (including phenoxy) is 2. The van der Waals surface area contributed by atoms with Crippen LogP contribution in [0.3, 0.4) is 0 Å². The van der Waals surface area contributed by atoms with Gasteiger partial charge in [-0.05, 0) is 12.1 Å². The molecule has 9 heteroatoms. The van der Waals surface area contributed by atoms with Crippen LogP contribution in [0.4, 0.5) is 11.6 Å². The number of methoxy groups -OCH3 is 1. The van der Waals surface area contributed by atoms with E-state index in [1.54, 1.807) is 18.2 Å². The van der Waals surface area contributed by atoms with Crippen LogP contribution >= 0.6 is 0 Å². The van der Waals surface area contributed by atoms with Gasteiger partial charge < -0.3 is 24.1 Å². The molecule has 9 nitrogen and oxygen atoms in total. The Kier molecular flexibility index (Phi) is 4.90. The van der Waals surface area contributed by atoms with Crippen molar-refractivity contribution in [2.24, 2.45) is 0 Å². The van der Waals surface area contributed by atoms with Gasteiger partial charge in [-0.25, -0.2) is 14.8 Å². The molecular formula is C19H18N4O5. The second kappa shape index (κ2) is 7.65. The monoisotopic (exact) mass is 382 g/mol. The van der Waals surface area contributed by atoms with Gasteiger partial charge in [-0.2, -0.15) is 0 Å². The quantitative estimate of drug-likeness (QED) is 0.679. The number of rotatable bonds is 4. The third-order valence-corrected chi connectivity index (χ3v) is 4.38. The number of amides is 1. The first-order chi connectivity index (χ1) is 13.7. The summed E-state index contributed by atoms with van der Waals surface area (Å²) in [6, 6.07) is 6.64. The summed E-state index contributed by atoms with van der Waals surface area (Å²) in [6.45, 7) is 2.69. The second-order valence-corrected chi connectivity index (χ2v) is 6.15. The topological polar surface area (TPSA) is 107 Å². The first kappa shape index (κ1) is 17.9. The molecule has 1 N–H and O–H groups in total. The van der Waals surface area contributed by atoms with Crippen molar-refractivity contribution in [2.45, 2.75) is 0 Å². The van der Waals surface area contributed by atoms with Gasteiger partial charge in [0.25, 0.3) is 5.91 Å². The first-order valence-corrected chi connectivity index (χ1v) is 8.72. The molecule has 3 aromatic rings. The second-order valence-electron chi connectivity index (χ2n) is 6.15. The molecule has 0 radical (unpaired) electrons. The lowest BCUT2D eigenvalue weighted by Gasteiger charge is -2.26.